The summed E-state index contributed by atoms with van der Waals surface area (Å²) in [6.45, 7) is 7.89. The smallest absolute Gasteiger partial charge is 0.269 e. The van der Waals surface area contributed by atoms with Crippen molar-refractivity contribution in [3.05, 3.63) is 79.7 Å². The van der Waals surface area contributed by atoms with Gasteiger partial charge in [0.1, 0.15) is 11.2 Å². The van der Waals surface area contributed by atoms with Gasteiger partial charge in [-0.15, -0.1) is 11.3 Å². The number of hydrogen-bond donors (Lipinski definition) is 1. The maximum Gasteiger partial charge on any atom is 0.269 e. The predicted molar refractivity (Wildman–Crippen MR) is 136 cm³/mol. The van der Waals surface area contributed by atoms with Gasteiger partial charge in [-0.2, -0.15) is 0 Å². The third-order valence-electron chi connectivity index (χ3n) is 5.12. The number of ketones is 1. The number of hydrogen-bond acceptors (Lipinski definition) is 4. The Balaban J connectivity index is 2.03. The second kappa shape index (κ2) is 10.6. The number of benzene rings is 2. The highest BCUT2D eigenvalue weighted by molar-refractivity contribution is 7.07. The molecule has 6 heteroatoms. The number of thiazole rings is 1. The maximum atomic E-state index is 13.2. The molecular weight excluding hydrogens is 432 g/mol. The van der Waals surface area contributed by atoms with E-state index in [1.807, 2.05) is 70.2 Å². The standard InChI is InChI=1S/C27H30N2O3S/c1-5-15-28-24(31)18-29-25(17-23(30)27(2,3)4)33-22(26(29)32)16-19-11-13-21(14-12-19)20-9-7-6-8-10-20/h6-14,16-17H,5,15,18H2,1-4H3,(H,28,31)/b22-16+,25-17-. The molecule has 0 bridgehead atoms. The first-order valence-electron chi connectivity index (χ1n) is 11.1. The van der Waals surface area contributed by atoms with E-state index in [0.717, 1.165) is 23.1 Å². The minimum atomic E-state index is -0.577. The van der Waals surface area contributed by atoms with Gasteiger partial charge < -0.3 is 5.32 Å². The molecule has 0 unspecified atom stereocenters. The summed E-state index contributed by atoms with van der Waals surface area (Å²) < 4.78 is 2.36. The van der Waals surface area contributed by atoms with Crippen LogP contribution in [0.5, 0.6) is 0 Å². The van der Waals surface area contributed by atoms with Gasteiger partial charge >= 0.3 is 0 Å². The lowest BCUT2D eigenvalue weighted by Gasteiger charge is -2.12. The second-order valence-corrected chi connectivity index (χ2v) is 10.00. The molecule has 0 radical (unpaired) electrons. The zero-order chi connectivity index (χ0) is 24.0. The normalized spacial score (nSPS) is 12.7. The fourth-order valence-corrected chi connectivity index (χ4v) is 4.18. The van der Waals surface area contributed by atoms with E-state index in [9.17, 15) is 14.4 Å². The molecule has 1 aromatic heterocycles. The topological polar surface area (TPSA) is 68.2 Å². The third kappa shape index (κ3) is 6.39. The molecule has 1 N–H and O–H groups in total. The highest BCUT2D eigenvalue weighted by Crippen LogP contribution is 2.19. The monoisotopic (exact) mass is 462 g/mol. The van der Waals surface area contributed by atoms with Crippen LogP contribution in [-0.2, 0) is 16.1 Å². The molecule has 1 amide bonds. The van der Waals surface area contributed by atoms with Crippen molar-refractivity contribution in [3.63, 3.8) is 0 Å². The van der Waals surface area contributed by atoms with E-state index in [-0.39, 0.29) is 23.8 Å². The van der Waals surface area contributed by atoms with E-state index in [0.29, 0.717) is 15.7 Å². The van der Waals surface area contributed by atoms with Gasteiger partial charge in [-0.3, -0.25) is 19.0 Å². The van der Waals surface area contributed by atoms with Crippen LogP contribution in [0.4, 0.5) is 0 Å². The summed E-state index contributed by atoms with van der Waals surface area (Å²) in [6, 6.07) is 18.0. The number of nitrogens with one attached hydrogen (secondary N) is 1. The lowest BCUT2D eigenvalue weighted by molar-refractivity contribution is -0.122. The van der Waals surface area contributed by atoms with Crippen molar-refractivity contribution in [2.24, 2.45) is 5.41 Å². The Morgan fingerprint density at radius 3 is 2.24 bits per heavy atom. The first-order valence-corrected chi connectivity index (χ1v) is 11.9. The Hall–Kier alpha value is -3.25. The van der Waals surface area contributed by atoms with Gasteiger partial charge in [-0.25, -0.2) is 0 Å². The fraction of sp³-hybridized carbons (Fsp3) is 0.296. The first-order chi connectivity index (χ1) is 15.7. The van der Waals surface area contributed by atoms with E-state index >= 15 is 0 Å². The lowest BCUT2D eigenvalue weighted by Crippen LogP contribution is -2.38. The minimum Gasteiger partial charge on any atom is -0.355 e. The zero-order valence-corrected chi connectivity index (χ0v) is 20.4. The molecular formula is C27H30N2O3S. The first kappa shape index (κ1) is 24.4. The molecule has 172 valence electrons. The molecule has 0 fully saturated rings. The number of aromatic nitrogens is 1. The van der Waals surface area contributed by atoms with Crippen LogP contribution in [0.1, 0.15) is 39.7 Å². The highest BCUT2D eigenvalue weighted by Gasteiger charge is 2.20. The summed E-state index contributed by atoms with van der Waals surface area (Å²) in [5.74, 6) is -0.335. The fourth-order valence-electron chi connectivity index (χ4n) is 3.14. The zero-order valence-electron chi connectivity index (χ0n) is 19.6. The lowest BCUT2D eigenvalue weighted by atomic mass is 9.91. The van der Waals surface area contributed by atoms with Crippen LogP contribution in [0, 0.1) is 5.41 Å². The van der Waals surface area contributed by atoms with Crippen molar-refractivity contribution in [2.45, 2.75) is 40.7 Å². The van der Waals surface area contributed by atoms with Gasteiger partial charge in [0.05, 0.1) is 4.53 Å². The molecule has 0 saturated carbocycles. The largest absolute Gasteiger partial charge is 0.355 e. The number of Topliss-reactive ketones (excluding diaryl/α,β-unsaturated/α-hetero) is 1. The van der Waals surface area contributed by atoms with Crippen molar-refractivity contribution < 1.29 is 9.59 Å². The Morgan fingerprint density at radius 1 is 1.00 bits per heavy atom. The van der Waals surface area contributed by atoms with Crippen LogP contribution in [0.3, 0.4) is 0 Å². The van der Waals surface area contributed by atoms with Crippen LogP contribution in [0.2, 0.25) is 0 Å². The van der Waals surface area contributed by atoms with Gasteiger partial charge in [-0.1, -0.05) is 82.3 Å². The summed E-state index contributed by atoms with van der Waals surface area (Å²) >= 11 is 1.23. The Kier molecular flexibility index (Phi) is 7.82. The van der Waals surface area contributed by atoms with Crippen molar-refractivity contribution in [2.75, 3.05) is 6.54 Å². The van der Waals surface area contributed by atoms with E-state index < -0.39 is 5.41 Å². The van der Waals surface area contributed by atoms with Gasteiger partial charge in [0.2, 0.25) is 5.91 Å². The third-order valence-corrected chi connectivity index (χ3v) is 6.18. The summed E-state index contributed by atoms with van der Waals surface area (Å²) in [6.07, 6.45) is 4.10. The molecule has 33 heavy (non-hydrogen) atoms. The Morgan fingerprint density at radius 2 is 1.64 bits per heavy atom. The molecule has 0 aliphatic carbocycles. The molecule has 0 spiro atoms. The van der Waals surface area contributed by atoms with Crippen molar-refractivity contribution in [1.29, 1.82) is 0 Å². The molecule has 2 aromatic carbocycles. The molecule has 3 rings (SSSR count). The predicted octanol–water partition coefficient (Wildman–Crippen LogP) is 3.33. The molecule has 0 saturated heterocycles. The van der Waals surface area contributed by atoms with Crippen LogP contribution in [0.25, 0.3) is 23.3 Å². The van der Waals surface area contributed by atoms with Gasteiger partial charge in [0.25, 0.3) is 5.56 Å². The average Bonchev–Trinajstić information content (AvgIpc) is 3.07. The number of nitrogens with zero attached hydrogens (tertiary/aromatic N) is 1. The summed E-state index contributed by atoms with van der Waals surface area (Å²) in [7, 11) is 0. The molecule has 3 aromatic rings. The van der Waals surface area contributed by atoms with Crippen LogP contribution >= 0.6 is 11.3 Å². The molecule has 0 atom stereocenters. The Bertz CT molecular complexity index is 1290. The van der Waals surface area contributed by atoms with Crippen molar-refractivity contribution in [3.8, 4) is 11.1 Å². The number of amides is 1. The Labute approximate surface area is 198 Å². The summed E-state index contributed by atoms with van der Waals surface area (Å²) in [5, 5.41) is 2.80. The number of rotatable bonds is 7. The van der Waals surface area contributed by atoms with Gasteiger partial charge in [-0.05, 0) is 29.2 Å². The molecule has 0 aliphatic heterocycles. The summed E-state index contributed by atoms with van der Waals surface area (Å²) in [4.78, 5) is 38.1. The van der Waals surface area contributed by atoms with E-state index in [2.05, 4.69) is 17.4 Å². The van der Waals surface area contributed by atoms with Gasteiger partial charge in [0, 0.05) is 18.0 Å². The number of carbonyl (C=O) groups is 2. The highest BCUT2D eigenvalue weighted by atomic mass is 32.1. The molecule has 1 heterocycles. The average molecular weight is 463 g/mol. The maximum absolute atomic E-state index is 13.2. The summed E-state index contributed by atoms with van der Waals surface area (Å²) in [5.41, 5.74) is 2.25. The molecule has 0 aliphatic rings. The van der Waals surface area contributed by atoms with E-state index in [1.54, 1.807) is 6.08 Å². The SMILES string of the molecule is CCCNC(=O)Cn1c(=O)/c(=C\c2ccc(-c3ccccc3)cc2)s/c1=C\C(=O)C(C)(C)C. The second-order valence-electron chi connectivity index (χ2n) is 8.94. The van der Waals surface area contributed by atoms with Crippen molar-refractivity contribution >= 4 is 35.2 Å². The van der Waals surface area contributed by atoms with E-state index in [4.69, 9.17) is 0 Å². The minimum absolute atomic E-state index is 0.0924. The van der Waals surface area contributed by atoms with Crippen LogP contribution in [-0.4, -0.2) is 22.8 Å². The van der Waals surface area contributed by atoms with E-state index in [1.165, 1.54) is 22.0 Å². The van der Waals surface area contributed by atoms with Crippen LogP contribution in [0.15, 0.2) is 59.4 Å². The molecule has 5 nitrogen and oxygen atoms in total. The quantitative estimate of drug-likeness (QED) is 0.586. The van der Waals surface area contributed by atoms with Crippen LogP contribution < -0.4 is 20.1 Å². The van der Waals surface area contributed by atoms with Gasteiger partial charge in [0.15, 0.2) is 5.78 Å². The number of carbonyl (C=O) groups excluding carboxylic acids is 2. The van der Waals surface area contributed by atoms with Crippen molar-refractivity contribution in [1.82, 2.24) is 9.88 Å².